The van der Waals surface area contributed by atoms with Crippen molar-refractivity contribution in [2.45, 2.75) is 55.2 Å². The van der Waals surface area contributed by atoms with Crippen molar-refractivity contribution in [3.63, 3.8) is 0 Å². The second-order valence-electron chi connectivity index (χ2n) is 5.62. The zero-order chi connectivity index (χ0) is 14.5. The Kier molecular flexibility index (Phi) is 5.61. The number of hydrogen-bond donors (Lipinski definition) is 1. The Morgan fingerprint density at radius 3 is 2.80 bits per heavy atom. The molecule has 2 rings (SSSR count). The highest BCUT2D eigenvalue weighted by molar-refractivity contribution is 7.85. The molecule has 1 aromatic rings. The quantitative estimate of drug-likeness (QED) is 0.908. The van der Waals surface area contributed by atoms with E-state index >= 15 is 0 Å². The molecular weight excluding hydrogens is 270 g/mol. The van der Waals surface area contributed by atoms with E-state index in [2.05, 4.69) is 6.92 Å². The lowest BCUT2D eigenvalue weighted by Crippen LogP contribution is -2.43. The van der Waals surface area contributed by atoms with Crippen LogP contribution in [0.2, 0.25) is 0 Å². The van der Waals surface area contributed by atoms with Crippen LogP contribution in [-0.4, -0.2) is 22.6 Å². The molecule has 0 amide bonds. The van der Waals surface area contributed by atoms with Crippen molar-refractivity contribution < 1.29 is 8.95 Å². The first-order chi connectivity index (χ1) is 9.67. The van der Waals surface area contributed by atoms with Gasteiger partial charge in [-0.05, 0) is 37.3 Å². The van der Waals surface area contributed by atoms with E-state index in [9.17, 15) is 4.21 Å². The Morgan fingerprint density at radius 2 is 2.10 bits per heavy atom. The number of nitrogens with two attached hydrogens (primary N) is 1. The van der Waals surface area contributed by atoms with Crippen molar-refractivity contribution in [1.29, 1.82) is 0 Å². The van der Waals surface area contributed by atoms with Crippen LogP contribution in [0, 0.1) is 5.92 Å². The van der Waals surface area contributed by atoms with Crippen LogP contribution in [0.15, 0.2) is 29.2 Å². The van der Waals surface area contributed by atoms with Crippen molar-refractivity contribution in [1.82, 2.24) is 0 Å². The summed E-state index contributed by atoms with van der Waals surface area (Å²) < 4.78 is 18.2. The summed E-state index contributed by atoms with van der Waals surface area (Å²) in [5, 5.41) is 0.0524. The van der Waals surface area contributed by atoms with Crippen molar-refractivity contribution >= 4 is 10.8 Å². The van der Waals surface area contributed by atoms with Crippen LogP contribution < -0.4 is 10.5 Å². The smallest absolute Gasteiger partial charge is 0.134 e. The third-order valence-corrected chi connectivity index (χ3v) is 6.07. The van der Waals surface area contributed by atoms with E-state index in [1.165, 1.54) is 19.3 Å². The Labute approximate surface area is 124 Å². The lowest BCUT2D eigenvalue weighted by atomic mass is 9.83. The first-order valence-corrected chi connectivity index (χ1v) is 8.67. The van der Waals surface area contributed by atoms with E-state index in [4.69, 9.17) is 10.5 Å². The Balaban J connectivity index is 2.17. The highest BCUT2D eigenvalue weighted by atomic mass is 32.2. The standard InChI is InChI=1S/C16H25NO2S/c1-3-6-12-9-10-13(17)16(11-12)20(18)15-8-5-4-7-14(15)19-2/h4-5,7-8,12-13,16H,3,6,9-11,17H2,1-2H3. The molecule has 4 atom stereocenters. The fourth-order valence-corrected chi connectivity index (χ4v) is 4.89. The molecule has 4 heteroatoms. The summed E-state index contributed by atoms with van der Waals surface area (Å²) in [5.74, 6) is 1.37. The summed E-state index contributed by atoms with van der Waals surface area (Å²) in [5.41, 5.74) is 6.23. The second-order valence-corrected chi connectivity index (χ2v) is 7.26. The van der Waals surface area contributed by atoms with E-state index in [1.54, 1.807) is 7.11 Å². The van der Waals surface area contributed by atoms with Crippen LogP contribution in [0.25, 0.3) is 0 Å². The topological polar surface area (TPSA) is 52.3 Å². The van der Waals surface area contributed by atoms with Crippen molar-refractivity contribution in [3.8, 4) is 5.75 Å². The normalized spacial score (nSPS) is 28.1. The van der Waals surface area contributed by atoms with Gasteiger partial charge < -0.3 is 10.5 Å². The maximum Gasteiger partial charge on any atom is 0.134 e. The molecule has 1 aliphatic carbocycles. The minimum absolute atomic E-state index is 0.0360. The average molecular weight is 295 g/mol. The Bertz CT molecular complexity index is 464. The molecule has 4 unspecified atom stereocenters. The number of ether oxygens (including phenoxy) is 1. The van der Waals surface area contributed by atoms with Crippen LogP contribution in [0.1, 0.15) is 39.0 Å². The predicted molar refractivity (Wildman–Crippen MR) is 83.4 cm³/mol. The van der Waals surface area contributed by atoms with Crippen LogP contribution in [-0.2, 0) is 10.8 Å². The Morgan fingerprint density at radius 1 is 1.35 bits per heavy atom. The van der Waals surface area contributed by atoms with Gasteiger partial charge in [0, 0.05) is 6.04 Å². The predicted octanol–water partition coefficient (Wildman–Crippen LogP) is 3.10. The fourth-order valence-electron chi connectivity index (χ4n) is 3.10. The summed E-state index contributed by atoms with van der Waals surface area (Å²) >= 11 is 0. The third kappa shape index (κ3) is 3.41. The maximum atomic E-state index is 12.9. The molecule has 1 aromatic carbocycles. The van der Waals surface area contributed by atoms with Crippen LogP contribution in [0.4, 0.5) is 0 Å². The van der Waals surface area contributed by atoms with Gasteiger partial charge in [0.1, 0.15) is 5.75 Å². The molecule has 0 aromatic heterocycles. The van der Waals surface area contributed by atoms with E-state index in [0.717, 1.165) is 17.7 Å². The maximum absolute atomic E-state index is 12.9. The van der Waals surface area contributed by atoms with Gasteiger partial charge in [0.15, 0.2) is 0 Å². The van der Waals surface area contributed by atoms with E-state index in [-0.39, 0.29) is 11.3 Å². The van der Waals surface area contributed by atoms with Crippen molar-refractivity contribution in [2.75, 3.05) is 7.11 Å². The number of benzene rings is 1. The molecular formula is C16H25NO2S. The molecule has 2 N–H and O–H groups in total. The number of para-hydroxylation sites is 1. The summed E-state index contributed by atoms with van der Waals surface area (Å²) in [4.78, 5) is 0.785. The van der Waals surface area contributed by atoms with Crippen molar-refractivity contribution in [2.24, 2.45) is 11.7 Å². The number of methoxy groups -OCH3 is 1. The van der Waals surface area contributed by atoms with Gasteiger partial charge in [0.2, 0.25) is 0 Å². The van der Waals surface area contributed by atoms with E-state index in [1.807, 2.05) is 24.3 Å². The SMILES string of the molecule is CCCC1CCC(N)C(S(=O)c2ccccc2OC)C1. The molecule has 112 valence electrons. The summed E-state index contributed by atoms with van der Waals surface area (Å²) in [6.45, 7) is 2.21. The molecule has 1 saturated carbocycles. The summed E-state index contributed by atoms with van der Waals surface area (Å²) in [6.07, 6.45) is 5.53. The number of rotatable bonds is 5. The molecule has 0 radical (unpaired) electrons. The van der Waals surface area contributed by atoms with Gasteiger partial charge in [-0.2, -0.15) is 0 Å². The average Bonchev–Trinajstić information content (AvgIpc) is 2.48. The van der Waals surface area contributed by atoms with Gasteiger partial charge in [0.05, 0.1) is 28.1 Å². The van der Waals surface area contributed by atoms with Gasteiger partial charge in [-0.25, -0.2) is 0 Å². The molecule has 1 fully saturated rings. The molecule has 0 bridgehead atoms. The molecule has 3 nitrogen and oxygen atoms in total. The molecule has 1 aliphatic rings. The summed E-state index contributed by atoms with van der Waals surface area (Å²) in [6, 6.07) is 7.61. The first-order valence-electron chi connectivity index (χ1n) is 7.46. The lowest BCUT2D eigenvalue weighted by Gasteiger charge is -2.33. The largest absolute Gasteiger partial charge is 0.495 e. The van der Waals surface area contributed by atoms with Crippen LogP contribution >= 0.6 is 0 Å². The molecule has 0 spiro atoms. The van der Waals surface area contributed by atoms with E-state index in [0.29, 0.717) is 11.7 Å². The second kappa shape index (κ2) is 7.23. The summed E-state index contributed by atoms with van der Waals surface area (Å²) in [7, 11) is 0.536. The minimum atomic E-state index is -1.09. The molecule has 0 heterocycles. The lowest BCUT2D eigenvalue weighted by molar-refractivity contribution is 0.313. The molecule has 0 aliphatic heterocycles. The fraction of sp³-hybridized carbons (Fsp3) is 0.625. The minimum Gasteiger partial charge on any atom is -0.495 e. The van der Waals surface area contributed by atoms with Crippen LogP contribution in [0.3, 0.4) is 0 Å². The van der Waals surface area contributed by atoms with Gasteiger partial charge in [-0.3, -0.25) is 4.21 Å². The highest BCUT2D eigenvalue weighted by Gasteiger charge is 2.33. The van der Waals surface area contributed by atoms with Gasteiger partial charge in [-0.15, -0.1) is 0 Å². The van der Waals surface area contributed by atoms with Crippen molar-refractivity contribution in [3.05, 3.63) is 24.3 Å². The Hall–Kier alpha value is -0.870. The van der Waals surface area contributed by atoms with E-state index < -0.39 is 10.8 Å². The highest BCUT2D eigenvalue weighted by Crippen LogP contribution is 2.34. The number of hydrogen-bond acceptors (Lipinski definition) is 3. The van der Waals surface area contributed by atoms with Gasteiger partial charge in [0.25, 0.3) is 0 Å². The third-order valence-electron chi connectivity index (χ3n) is 4.21. The molecule has 0 saturated heterocycles. The zero-order valence-corrected chi connectivity index (χ0v) is 13.2. The first kappa shape index (κ1) is 15.5. The van der Waals surface area contributed by atoms with Gasteiger partial charge >= 0.3 is 0 Å². The monoisotopic (exact) mass is 295 g/mol. The van der Waals surface area contributed by atoms with Crippen LogP contribution in [0.5, 0.6) is 5.75 Å². The molecule has 20 heavy (non-hydrogen) atoms. The van der Waals surface area contributed by atoms with Gasteiger partial charge in [-0.1, -0.05) is 31.9 Å². The zero-order valence-electron chi connectivity index (χ0n) is 12.4.